The predicted molar refractivity (Wildman–Crippen MR) is 89.4 cm³/mol. The summed E-state index contributed by atoms with van der Waals surface area (Å²) in [4.78, 5) is 8.64. The average molecular weight is 311 g/mol. The predicted octanol–water partition coefficient (Wildman–Crippen LogP) is 4.09. The third-order valence-corrected chi connectivity index (χ3v) is 4.73. The monoisotopic (exact) mass is 311 g/mol. The fourth-order valence-corrected chi connectivity index (χ4v) is 3.18. The van der Waals surface area contributed by atoms with Gasteiger partial charge in [-0.1, -0.05) is 0 Å². The second kappa shape index (κ2) is 5.93. The number of thiophene rings is 1. The van der Waals surface area contributed by atoms with Gasteiger partial charge < -0.3 is 10.1 Å². The number of nitrogens with zero attached hydrogens (tertiary/aromatic N) is 2. The molecule has 0 aliphatic heterocycles. The minimum absolute atomic E-state index is 0.724. The summed E-state index contributed by atoms with van der Waals surface area (Å²) in [5.74, 6) is 1.47. The zero-order valence-electron chi connectivity index (χ0n) is 12.2. The maximum absolute atomic E-state index is 5.73. The van der Waals surface area contributed by atoms with Gasteiger partial charge in [-0.15, -0.1) is 11.3 Å². The molecule has 3 aromatic heterocycles. The van der Waals surface area contributed by atoms with Gasteiger partial charge >= 0.3 is 0 Å². The summed E-state index contributed by atoms with van der Waals surface area (Å²) < 4.78 is 6.93. The Hall–Kier alpha value is -2.14. The molecule has 0 aromatic carbocycles. The van der Waals surface area contributed by atoms with E-state index in [1.54, 1.807) is 11.3 Å². The van der Waals surface area contributed by atoms with Gasteiger partial charge in [0.1, 0.15) is 0 Å². The van der Waals surface area contributed by atoms with E-state index in [4.69, 9.17) is 4.74 Å². The lowest BCUT2D eigenvalue weighted by atomic mass is 10.2. The van der Waals surface area contributed by atoms with Crippen LogP contribution in [0.1, 0.15) is 18.4 Å². The van der Waals surface area contributed by atoms with E-state index >= 15 is 0 Å². The smallest absolute Gasteiger partial charge is 0.213 e. The maximum Gasteiger partial charge on any atom is 0.213 e. The molecule has 4 rings (SSSR count). The van der Waals surface area contributed by atoms with Gasteiger partial charge in [-0.25, -0.2) is 4.98 Å². The standard InChI is InChI=1S/C17H17N3OS/c1-2-12(1)11-21-16-9-13(3-6-19-16)10-20-14-4-7-18-15-5-8-22-17(14)15/h3-9,12H,1-2,10-11H2,(H,18,20). The van der Waals surface area contributed by atoms with Crippen molar-refractivity contribution >= 4 is 27.2 Å². The highest BCUT2D eigenvalue weighted by atomic mass is 32.1. The van der Waals surface area contributed by atoms with Crippen LogP contribution in [0, 0.1) is 5.92 Å². The van der Waals surface area contributed by atoms with Crippen LogP contribution in [0.15, 0.2) is 42.0 Å². The Balaban J connectivity index is 1.44. The second-order valence-corrected chi connectivity index (χ2v) is 6.52. The molecule has 0 unspecified atom stereocenters. The Bertz CT molecular complexity index is 782. The minimum Gasteiger partial charge on any atom is -0.477 e. The zero-order valence-corrected chi connectivity index (χ0v) is 13.0. The van der Waals surface area contributed by atoms with Gasteiger partial charge in [0.05, 0.1) is 22.5 Å². The molecular formula is C17H17N3OS. The van der Waals surface area contributed by atoms with Crippen LogP contribution in [0.25, 0.3) is 10.2 Å². The maximum atomic E-state index is 5.73. The molecule has 22 heavy (non-hydrogen) atoms. The summed E-state index contributed by atoms with van der Waals surface area (Å²) in [6, 6.07) is 8.10. The molecule has 1 fully saturated rings. The van der Waals surface area contributed by atoms with Gasteiger partial charge in [-0.3, -0.25) is 4.98 Å². The Morgan fingerprint density at radius 2 is 2.09 bits per heavy atom. The fraction of sp³-hybridized carbons (Fsp3) is 0.294. The van der Waals surface area contributed by atoms with Crippen molar-refractivity contribution in [2.45, 2.75) is 19.4 Å². The van der Waals surface area contributed by atoms with E-state index in [1.807, 2.05) is 36.7 Å². The van der Waals surface area contributed by atoms with Crippen molar-refractivity contribution in [2.24, 2.45) is 5.92 Å². The molecule has 0 radical (unpaired) electrons. The van der Waals surface area contributed by atoms with Gasteiger partial charge in [0.15, 0.2) is 0 Å². The normalized spacial score (nSPS) is 14.2. The summed E-state index contributed by atoms with van der Waals surface area (Å²) in [7, 11) is 0. The van der Waals surface area contributed by atoms with Crippen LogP contribution in [0.3, 0.4) is 0 Å². The summed E-state index contributed by atoms with van der Waals surface area (Å²) in [6.07, 6.45) is 6.24. The lowest BCUT2D eigenvalue weighted by molar-refractivity contribution is 0.288. The van der Waals surface area contributed by atoms with Crippen LogP contribution in [-0.4, -0.2) is 16.6 Å². The first-order valence-electron chi connectivity index (χ1n) is 7.52. The minimum atomic E-state index is 0.724. The number of hydrogen-bond donors (Lipinski definition) is 1. The van der Waals surface area contributed by atoms with Crippen molar-refractivity contribution in [3.63, 3.8) is 0 Å². The highest BCUT2D eigenvalue weighted by molar-refractivity contribution is 7.17. The molecule has 5 heteroatoms. The van der Waals surface area contributed by atoms with Crippen LogP contribution < -0.4 is 10.1 Å². The van der Waals surface area contributed by atoms with Gasteiger partial charge in [0, 0.05) is 25.0 Å². The van der Waals surface area contributed by atoms with E-state index in [0.717, 1.165) is 36.2 Å². The molecule has 0 atom stereocenters. The number of rotatable bonds is 6. The Kier molecular flexibility index (Phi) is 3.64. The number of nitrogens with one attached hydrogen (secondary N) is 1. The SMILES string of the molecule is c1cc(CNc2ccnc3ccsc23)cc(OCC2CC2)n1. The topological polar surface area (TPSA) is 47.0 Å². The van der Waals surface area contributed by atoms with Gasteiger partial charge in [-0.2, -0.15) is 0 Å². The zero-order chi connectivity index (χ0) is 14.8. The third-order valence-electron chi connectivity index (χ3n) is 3.79. The van der Waals surface area contributed by atoms with E-state index in [1.165, 1.54) is 23.1 Å². The average Bonchev–Trinajstić information content (AvgIpc) is 3.26. The Morgan fingerprint density at radius 1 is 1.18 bits per heavy atom. The van der Waals surface area contributed by atoms with E-state index in [9.17, 15) is 0 Å². The fourth-order valence-electron chi connectivity index (χ4n) is 2.34. The molecule has 0 spiro atoms. The molecule has 3 aromatic rings. The number of fused-ring (bicyclic) bond motifs is 1. The van der Waals surface area contributed by atoms with Gasteiger partial charge in [0.25, 0.3) is 0 Å². The molecule has 0 amide bonds. The van der Waals surface area contributed by atoms with Crippen molar-refractivity contribution in [3.8, 4) is 5.88 Å². The van der Waals surface area contributed by atoms with Crippen molar-refractivity contribution in [1.29, 1.82) is 0 Å². The summed E-state index contributed by atoms with van der Waals surface area (Å²) in [5, 5.41) is 5.55. The first-order valence-corrected chi connectivity index (χ1v) is 8.40. The first-order chi connectivity index (χ1) is 10.9. The largest absolute Gasteiger partial charge is 0.477 e. The first kappa shape index (κ1) is 13.5. The quantitative estimate of drug-likeness (QED) is 0.745. The van der Waals surface area contributed by atoms with Crippen molar-refractivity contribution in [1.82, 2.24) is 9.97 Å². The van der Waals surface area contributed by atoms with Crippen LogP contribution in [0.2, 0.25) is 0 Å². The van der Waals surface area contributed by atoms with Crippen LogP contribution in [-0.2, 0) is 6.54 Å². The molecule has 1 aliphatic rings. The van der Waals surface area contributed by atoms with E-state index in [0.29, 0.717) is 0 Å². The van der Waals surface area contributed by atoms with Crippen molar-refractivity contribution in [3.05, 3.63) is 47.6 Å². The number of aromatic nitrogens is 2. The number of ether oxygens (including phenoxy) is 1. The molecule has 1 N–H and O–H groups in total. The van der Waals surface area contributed by atoms with Crippen molar-refractivity contribution < 1.29 is 4.74 Å². The molecular weight excluding hydrogens is 294 g/mol. The third kappa shape index (κ3) is 3.04. The molecule has 4 nitrogen and oxygen atoms in total. The number of pyridine rings is 2. The van der Waals surface area contributed by atoms with Crippen LogP contribution in [0.4, 0.5) is 5.69 Å². The highest BCUT2D eigenvalue weighted by Gasteiger charge is 2.22. The summed E-state index contributed by atoms with van der Waals surface area (Å²) >= 11 is 1.71. The van der Waals surface area contributed by atoms with Gasteiger partial charge in [-0.05, 0) is 47.9 Å². The van der Waals surface area contributed by atoms with Gasteiger partial charge in [0.2, 0.25) is 5.88 Å². The number of anilines is 1. The van der Waals surface area contributed by atoms with E-state index in [2.05, 4.69) is 20.7 Å². The molecule has 1 aliphatic carbocycles. The molecule has 0 bridgehead atoms. The lowest BCUT2D eigenvalue weighted by Crippen LogP contribution is -2.03. The van der Waals surface area contributed by atoms with E-state index < -0.39 is 0 Å². The van der Waals surface area contributed by atoms with E-state index in [-0.39, 0.29) is 0 Å². The van der Waals surface area contributed by atoms with Crippen LogP contribution in [0.5, 0.6) is 5.88 Å². The Morgan fingerprint density at radius 3 is 3.00 bits per heavy atom. The molecule has 0 saturated heterocycles. The van der Waals surface area contributed by atoms with Crippen LogP contribution >= 0.6 is 11.3 Å². The molecule has 112 valence electrons. The second-order valence-electron chi connectivity index (χ2n) is 5.60. The number of hydrogen-bond acceptors (Lipinski definition) is 5. The highest BCUT2D eigenvalue weighted by Crippen LogP contribution is 2.29. The van der Waals surface area contributed by atoms with Crippen molar-refractivity contribution in [2.75, 3.05) is 11.9 Å². The Labute approximate surface area is 133 Å². The lowest BCUT2D eigenvalue weighted by Gasteiger charge is -2.09. The molecule has 3 heterocycles. The summed E-state index contributed by atoms with van der Waals surface area (Å²) in [5.41, 5.74) is 3.33. The molecule has 1 saturated carbocycles. The summed E-state index contributed by atoms with van der Waals surface area (Å²) in [6.45, 7) is 1.55.